The number of anilines is 2. The molecule has 0 atom stereocenters. The third-order valence-corrected chi connectivity index (χ3v) is 3.66. The Bertz CT molecular complexity index is 749. The van der Waals surface area contributed by atoms with E-state index in [1.165, 1.54) is 11.3 Å². The number of thiazole rings is 1. The van der Waals surface area contributed by atoms with Gasteiger partial charge in [0.1, 0.15) is 0 Å². The lowest BCUT2D eigenvalue weighted by molar-refractivity contribution is -0.138. The Kier molecular flexibility index (Phi) is 6.02. The van der Waals surface area contributed by atoms with Gasteiger partial charge < -0.3 is 10.4 Å². The molecule has 0 saturated heterocycles. The lowest BCUT2D eigenvalue weighted by Gasteiger charge is -2.05. The summed E-state index contributed by atoms with van der Waals surface area (Å²) in [6.07, 6.45) is -0.228. The molecule has 8 heteroatoms. The summed E-state index contributed by atoms with van der Waals surface area (Å²) in [6.45, 7) is 3.79. The van der Waals surface area contributed by atoms with Gasteiger partial charge in [-0.2, -0.15) is 5.10 Å². The monoisotopic (exact) mass is 346 g/mol. The number of benzene rings is 1. The molecule has 0 aliphatic carbocycles. The first kappa shape index (κ1) is 17.6. The van der Waals surface area contributed by atoms with Crippen LogP contribution in [0.1, 0.15) is 26.7 Å². The first-order chi connectivity index (χ1) is 11.4. The number of nitrogens with one attached hydrogen (secondary N) is 2. The summed E-state index contributed by atoms with van der Waals surface area (Å²) in [6, 6.07) is 7.21. The highest BCUT2D eigenvalue weighted by atomic mass is 32.1. The number of carboxylic acids is 1. The highest BCUT2D eigenvalue weighted by Gasteiger charge is 2.07. The highest BCUT2D eigenvalue weighted by Crippen LogP contribution is 2.26. The van der Waals surface area contributed by atoms with Gasteiger partial charge in [-0.3, -0.25) is 15.0 Å². The number of carbonyl (C=O) groups excluding carboxylic acids is 1. The van der Waals surface area contributed by atoms with E-state index in [0.29, 0.717) is 10.8 Å². The van der Waals surface area contributed by atoms with Gasteiger partial charge in [0, 0.05) is 28.8 Å². The van der Waals surface area contributed by atoms with E-state index >= 15 is 0 Å². The summed E-state index contributed by atoms with van der Waals surface area (Å²) < 4.78 is 0. The average molecular weight is 346 g/mol. The van der Waals surface area contributed by atoms with E-state index in [0.717, 1.165) is 17.0 Å². The molecule has 1 aromatic carbocycles. The van der Waals surface area contributed by atoms with Crippen LogP contribution in [-0.4, -0.2) is 27.7 Å². The first-order valence-corrected chi connectivity index (χ1v) is 8.16. The fourth-order valence-corrected chi connectivity index (χ4v) is 2.45. The second-order valence-electron chi connectivity index (χ2n) is 5.23. The van der Waals surface area contributed by atoms with E-state index in [-0.39, 0.29) is 18.7 Å². The molecule has 2 aromatic rings. The number of aromatic nitrogens is 1. The van der Waals surface area contributed by atoms with Crippen molar-refractivity contribution in [3.63, 3.8) is 0 Å². The van der Waals surface area contributed by atoms with E-state index in [1.54, 1.807) is 12.1 Å². The minimum Gasteiger partial charge on any atom is -0.481 e. The average Bonchev–Trinajstić information content (AvgIpc) is 3.00. The van der Waals surface area contributed by atoms with Crippen LogP contribution in [-0.2, 0) is 9.59 Å². The molecule has 0 unspecified atom stereocenters. The van der Waals surface area contributed by atoms with Crippen molar-refractivity contribution in [2.45, 2.75) is 26.7 Å². The Morgan fingerprint density at radius 1 is 1.21 bits per heavy atom. The van der Waals surface area contributed by atoms with Gasteiger partial charge >= 0.3 is 5.97 Å². The van der Waals surface area contributed by atoms with Crippen LogP contribution in [0, 0.1) is 0 Å². The molecule has 1 heterocycles. The lowest BCUT2D eigenvalue weighted by atomic mass is 10.1. The van der Waals surface area contributed by atoms with Crippen molar-refractivity contribution < 1.29 is 14.7 Å². The normalized spacial score (nSPS) is 10.1. The van der Waals surface area contributed by atoms with Gasteiger partial charge in [-0.15, -0.1) is 11.3 Å². The third kappa shape index (κ3) is 5.47. The summed E-state index contributed by atoms with van der Waals surface area (Å²) in [5.41, 5.74) is 6.15. The topological polar surface area (TPSA) is 104 Å². The SMILES string of the molecule is CC(C)=NNc1nc(-c2ccc(NC(=O)CCC(=O)O)cc2)cs1. The van der Waals surface area contributed by atoms with Crippen LogP contribution in [0.2, 0.25) is 0 Å². The van der Waals surface area contributed by atoms with Gasteiger partial charge in [0.25, 0.3) is 0 Å². The van der Waals surface area contributed by atoms with E-state index < -0.39 is 5.97 Å². The van der Waals surface area contributed by atoms with Gasteiger partial charge in [-0.05, 0) is 26.0 Å². The van der Waals surface area contributed by atoms with Crippen molar-refractivity contribution in [3.05, 3.63) is 29.6 Å². The van der Waals surface area contributed by atoms with Crippen molar-refractivity contribution in [2.24, 2.45) is 5.10 Å². The molecule has 7 nitrogen and oxygen atoms in total. The number of rotatable bonds is 7. The summed E-state index contributed by atoms with van der Waals surface area (Å²) in [7, 11) is 0. The summed E-state index contributed by atoms with van der Waals surface area (Å²) in [4.78, 5) is 26.5. The van der Waals surface area contributed by atoms with E-state index in [2.05, 4.69) is 20.8 Å². The maximum Gasteiger partial charge on any atom is 0.303 e. The molecule has 2 rings (SSSR count). The molecule has 0 fully saturated rings. The molecular formula is C16H18N4O3S. The van der Waals surface area contributed by atoms with Gasteiger partial charge in [0.05, 0.1) is 12.1 Å². The molecule has 24 heavy (non-hydrogen) atoms. The van der Waals surface area contributed by atoms with E-state index in [1.807, 2.05) is 31.4 Å². The van der Waals surface area contributed by atoms with Crippen LogP contribution in [0.5, 0.6) is 0 Å². The molecular weight excluding hydrogens is 328 g/mol. The Labute approximate surface area is 143 Å². The number of carbonyl (C=O) groups is 2. The zero-order chi connectivity index (χ0) is 17.5. The maximum atomic E-state index is 11.6. The number of hydrazone groups is 1. The zero-order valence-electron chi connectivity index (χ0n) is 13.4. The van der Waals surface area contributed by atoms with Gasteiger partial charge in [0.15, 0.2) is 0 Å². The fourth-order valence-electron chi connectivity index (χ4n) is 1.79. The standard InChI is InChI=1S/C16H18N4O3S/c1-10(2)19-20-16-18-13(9-24-16)11-3-5-12(6-4-11)17-14(21)7-8-15(22)23/h3-6,9H,7-8H2,1-2H3,(H,17,21)(H,18,20)(H,22,23). The van der Waals surface area contributed by atoms with Gasteiger partial charge in [-0.1, -0.05) is 12.1 Å². The Morgan fingerprint density at radius 3 is 2.54 bits per heavy atom. The molecule has 0 saturated carbocycles. The first-order valence-electron chi connectivity index (χ1n) is 7.28. The maximum absolute atomic E-state index is 11.6. The molecule has 1 aromatic heterocycles. The Hall–Kier alpha value is -2.74. The van der Waals surface area contributed by atoms with Gasteiger partial charge in [-0.25, -0.2) is 4.98 Å². The smallest absolute Gasteiger partial charge is 0.303 e. The van der Waals surface area contributed by atoms with Crippen molar-refractivity contribution >= 4 is 39.7 Å². The van der Waals surface area contributed by atoms with Crippen molar-refractivity contribution in [1.29, 1.82) is 0 Å². The number of aliphatic carboxylic acids is 1. The Morgan fingerprint density at radius 2 is 1.92 bits per heavy atom. The van der Waals surface area contributed by atoms with Crippen LogP contribution in [0.25, 0.3) is 11.3 Å². The van der Waals surface area contributed by atoms with E-state index in [4.69, 9.17) is 5.11 Å². The molecule has 126 valence electrons. The summed E-state index contributed by atoms with van der Waals surface area (Å²) >= 11 is 1.46. The quantitative estimate of drug-likeness (QED) is 0.526. The predicted octanol–water partition coefficient (Wildman–Crippen LogP) is 3.42. The summed E-state index contributed by atoms with van der Waals surface area (Å²) in [5.74, 6) is -1.31. The molecule has 1 amide bonds. The fraction of sp³-hybridized carbons (Fsp3) is 0.250. The number of carboxylic acid groups (broad SMARTS) is 1. The van der Waals surface area contributed by atoms with Crippen molar-refractivity contribution in [1.82, 2.24) is 4.98 Å². The van der Waals surface area contributed by atoms with Crippen LogP contribution in [0.3, 0.4) is 0 Å². The molecule has 0 spiro atoms. The van der Waals surface area contributed by atoms with Gasteiger partial charge in [0.2, 0.25) is 11.0 Å². The minimum absolute atomic E-state index is 0.0461. The van der Waals surface area contributed by atoms with Crippen LogP contribution in [0.15, 0.2) is 34.7 Å². The number of amides is 1. The predicted molar refractivity (Wildman–Crippen MR) is 95.5 cm³/mol. The second kappa shape index (κ2) is 8.21. The number of hydrogen-bond acceptors (Lipinski definition) is 6. The molecule has 0 aliphatic rings. The molecule has 0 radical (unpaired) electrons. The molecule has 0 aliphatic heterocycles. The van der Waals surface area contributed by atoms with Crippen LogP contribution < -0.4 is 10.7 Å². The number of hydrogen-bond donors (Lipinski definition) is 3. The van der Waals surface area contributed by atoms with Crippen molar-refractivity contribution in [3.8, 4) is 11.3 Å². The zero-order valence-corrected chi connectivity index (χ0v) is 14.2. The molecule has 3 N–H and O–H groups in total. The minimum atomic E-state index is -0.990. The largest absolute Gasteiger partial charge is 0.481 e. The van der Waals surface area contributed by atoms with Crippen molar-refractivity contribution in [2.75, 3.05) is 10.7 Å². The van der Waals surface area contributed by atoms with Crippen LogP contribution >= 0.6 is 11.3 Å². The van der Waals surface area contributed by atoms with E-state index in [9.17, 15) is 9.59 Å². The summed E-state index contributed by atoms with van der Waals surface area (Å²) in [5, 5.41) is 18.0. The Balaban J connectivity index is 1.98. The lowest BCUT2D eigenvalue weighted by Crippen LogP contribution is -2.13. The highest BCUT2D eigenvalue weighted by molar-refractivity contribution is 7.14. The third-order valence-electron chi connectivity index (χ3n) is 2.91. The van der Waals surface area contributed by atoms with Crippen LogP contribution in [0.4, 0.5) is 10.8 Å². The molecule has 0 bridgehead atoms. The second-order valence-corrected chi connectivity index (χ2v) is 6.09. The number of nitrogens with zero attached hydrogens (tertiary/aromatic N) is 2.